The summed E-state index contributed by atoms with van der Waals surface area (Å²) in [6.45, 7) is 0.397. The fraction of sp³-hybridized carbons (Fsp3) is 0.562. The average Bonchev–Trinajstić information content (AvgIpc) is 2.48. The van der Waals surface area contributed by atoms with Gasteiger partial charge in [-0.15, -0.1) is 12.4 Å². The molecule has 1 aromatic carbocycles. The summed E-state index contributed by atoms with van der Waals surface area (Å²) < 4.78 is 5.45. The minimum absolute atomic E-state index is 0. The number of amides is 1. The predicted octanol–water partition coefficient (Wildman–Crippen LogP) is 3.23. The molecule has 0 spiro atoms. The largest absolute Gasteiger partial charge is 0.375 e. The summed E-state index contributed by atoms with van der Waals surface area (Å²) in [6.07, 6.45) is 4.49. The first-order valence-corrected chi connectivity index (χ1v) is 7.78. The third kappa shape index (κ3) is 4.85. The third-order valence-corrected chi connectivity index (χ3v) is 4.39. The van der Waals surface area contributed by atoms with E-state index in [2.05, 4.69) is 5.32 Å². The summed E-state index contributed by atoms with van der Waals surface area (Å²) in [5.74, 6) is -0.0775. The van der Waals surface area contributed by atoms with Gasteiger partial charge in [0.2, 0.25) is 5.91 Å². The molecule has 1 unspecified atom stereocenters. The molecule has 0 bridgehead atoms. The lowest BCUT2D eigenvalue weighted by Crippen LogP contribution is -2.55. The second-order valence-corrected chi connectivity index (χ2v) is 6.14. The highest BCUT2D eigenvalue weighted by Gasteiger charge is 2.35. The van der Waals surface area contributed by atoms with Crippen LogP contribution in [0.4, 0.5) is 0 Å². The number of nitrogens with two attached hydrogens (primary N) is 1. The predicted molar refractivity (Wildman–Crippen MR) is 91.5 cm³/mol. The number of rotatable bonds is 5. The molecular weight excluding hydrogens is 323 g/mol. The van der Waals surface area contributed by atoms with E-state index in [1.54, 1.807) is 7.11 Å². The highest BCUT2D eigenvalue weighted by molar-refractivity contribution is 6.30. The second kappa shape index (κ2) is 8.73. The SMILES string of the molecule is COC(CNC(=O)C1(N)CCCCC1)c1cccc(Cl)c1.Cl. The van der Waals surface area contributed by atoms with Crippen LogP contribution in [0.15, 0.2) is 24.3 Å². The van der Waals surface area contributed by atoms with Crippen LogP contribution in [0.1, 0.15) is 43.8 Å². The van der Waals surface area contributed by atoms with E-state index in [1.807, 2.05) is 24.3 Å². The van der Waals surface area contributed by atoms with Crippen molar-refractivity contribution in [1.29, 1.82) is 0 Å². The Morgan fingerprint density at radius 2 is 2.09 bits per heavy atom. The lowest BCUT2D eigenvalue weighted by Gasteiger charge is -2.32. The van der Waals surface area contributed by atoms with Crippen LogP contribution in [0.2, 0.25) is 5.02 Å². The number of halogens is 2. The number of hydrogen-bond acceptors (Lipinski definition) is 3. The van der Waals surface area contributed by atoms with Gasteiger partial charge in [-0.3, -0.25) is 4.79 Å². The lowest BCUT2D eigenvalue weighted by molar-refractivity contribution is -0.128. The van der Waals surface area contributed by atoms with Crippen molar-refractivity contribution < 1.29 is 9.53 Å². The summed E-state index contributed by atoms with van der Waals surface area (Å²) in [5, 5.41) is 3.59. The van der Waals surface area contributed by atoms with Crippen LogP contribution in [-0.2, 0) is 9.53 Å². The number of benzene rings is 1. The zero-order valence-corrected chi connectivity index (χ0v) is 14.4. The Bertz CT molecular complexity index is 491. The molecule has 6 heteroatoms. The van der Waals surface area contributed by atoms with Crippen LogP contribution in [0.5, 0.6) is 0 Å². The van der Waals surface area contributed by atoms with Gasteiger partial charge in [0.15, 0.2) is 0 Å². The van der Waals surface area contributed by atoms with E-state index in [0.717, 1.165) is 37.7 Å². The van der Waals surface area contributed by atoms with Crippen molar-refractivity contribution in [3.8, 4) is 0 Å². The van der Waals surface area contributed by atoms with Gasteiger partial charge in [-0.25, -0.2) is 0 Å². The van der Waals surface area contributed by atoms with Crippen LogP contribution in [0.25, 0.3) is 0 Å². The van der Waals surface area contributed by atoms with E-state index in [9.17, 15) is 4.79 Å². The Balaban J connectivity index is 0.00000242. The van der Waals surface area contributed by atoms with Gasteiger partial charge in [0.05, 0.1) is 11.6 Å². The molecule has 0 heterocycles. The molecular formula is C16H24Cl2N2O2. The van der Waals surface area contributed by atoms with Crippen molar-refractivity contribution in [1.82, 2.24) is 5.32 Å². The van der Waals surface area contributed by atoms with E-state index in [4.69, 9.17) is 22.1 Å². The zero-order chi connectivity index (χ0) is 15.3. The Kier molecular flexibility index (Phi) is 7.63. The number of nitrogens with one attached hydrogen (secondary N) is 1. The molecule has 2 rings (SSSR count). The molecule has 0 aromatic heterocycles. The molecule has 4 nitrogen and oxygen atoms in total. The first kappa shape index (κ1) is 19.2. The van der Waals surface area contributed by atoms with Gasteiger partial charge in [0, 0.05) is 18.7 Å². The maximum atomic E-state index is 12.3. The van der Waals surface area contributed by atoms with Gasteiger partial charge < -0.3 is 15.8 Å². The second-order valence-electron chi connectivity index (χ2n) is 5.71. The number of hydrogen-bond donors (Lipinski definition) is 2. The van der Waals surface area contributed by atoms with Crippen molar-refractivity contribution in [2.45, 2.75) is 43.7 Å². The van der Waals surface area contributed by atoms with E-state index >= 15 is 0 Å². The average molecular weight is 347 g/mol. The summed E-state index contributed by atoms with van der Waals surface area (Å²) in [7, 11) is 1.62. The van der Waals surface area contributed by atoms with Crippen LogP contribution in [-0.4, -0.2) is 25.1 Å². The fourth-order valence-electron chi connectivity index (χ4n) is 2.82. The molecule has 1 aliphatic rings. The lowest BCUT2D eigenvalue weighted by atomic mass is 9.82. The van der Waals surface area contributed by atoms with E-state index in [0.29, 0.717) is 11.6 Å². The van der Waals surface area contributed by atoms with Gasteiger partial charge in [-0.2, -0.15) is 0 Å². The van der Waals surface area contributed by atoms with Crippen molar-refractivity contribution >= 4 is 29.9 Å². The summed E-state index contributed by atoms with van der Waals surface area (Å²) >= 11 is 5.99. The molecule has 0 saturated heterocycles. The highest BCUT2D eigenvalue weighted by atomic mass is 35.5. The van der Waals surface area contributed by atoms with Crippen LogP contribution >= 0.6 is 24.0 Å². The minimum atomic E-state index is -0.717. The topological polar surface area (TPSA) is 64.3 Å². The van der Waals surface area contributed by atoms with Gasteiger partial charge in [0.1, 0.15) is 0 Å². The molecule has 0 radical (unpaired) electrons. The van der Waals surface area contributed by atoms with Crippen molar-refractivity contribution in [3.05, 3.63) is 34.9 Å². The van der Waals surface area contributed by atoms with Gasteiger partial charge in [-0.05, 0) is 30.5 Å². The van der Waals surface area contributed by atoms with E-state index in [-0.39, 0.29) is 24.4 Å². The Hall–Kier alpha value is -0.810. The molecule has 1 aromatic rings. The normalized spacial score (nSPS) is 18.1. The van der Waals surface area contributed by atoms with E-state index in [1.165, 1.54) is 0 Å². The van der Waals surface area contributed by atoms with Gasteiger partial charge >= 0.3 is 0 Å². The van der Waals surface area contributed by atoms with Crippen molar-refractivity contribution in [2.75, 3.05) is 13.7 Å². The summed E-state index contributed by atoms with van der Waals surface area (Å²) in [5.41, 5.74) is 6.45. The third-order valence-electron chi connectivity index (χ3n) is 4.15. The maximum Gasteiger partial charge on any atom is 0.240 e. The Morgan fingerprint density at radius 3 is 2.68 bits per heavy atom. The van der Waals surface area contributed by atoms with Crippen LogP contribution < -0.4 is 11.1 Å². The zero-order valence-electron chi connectivity index (χ0n) is 12.8. The summed E-state index contributed by atoms with van der Waals surface area (Å²) in [6, 6.07) is 7.47. The number of carbonyl (C=O) groups is 1. The van der Waals surface area contributed by atoms with Crippen molar-refractivity contribution in [3.63, 3.8) is 0 Å². The molecule has 124 valence electrons. The van der Waals surface area contributed by atoms with Crippen molar-refractivity contribution in [2.24, 2.45) is 5.73 Å². The van der Waals surface area contributed by atoms with Gasteiger partial charge in [0.25, 0.3) is 0 Å². The smallest absolute Gasteiger partial charge is 0.240 e. The quantitative estimate of drug-likeness (QED) is 0.860. The molecule has 1 saturated carbocycles. The minimum Gasteiger partial charge on any atom is -0.375 e. The maximum absolute atomic E-state index is 12.3. The Labute approximate surface area is 143 Å². The molecule has 1 amide bonds. The monoisotopic (exact) mass is 346 g/mol. The summed E-state index contributed by atoms with van der Waals surface area (Å²) in [4.78, 5) is 12.3. The molecule has 22 heavy (non-hydrogen) atoms. The number of methoxy groups -OCH3 is 1. The van der Waals surface area contributed by atoms with Crippen LogP contribution in [0.3, 0.4) is 0 Å². The first-order chi connectivity index (χ1) is 10.0. The fourth-order valence-corrected chi connectivity index (χ4v) is 3.01. The molecule has 0 aliphatic heterocycles. The standard InChI is InChI=1S/C16H23ClN2O2.ClH/c1-21-14(12-6-5-7-13(17)10-12)11-19-15(20)16(18)8-3-2-4-9-16;/h5-7,10,14H,2-4,8-9,11,18H2,1H3,(H,19,20);1H. The molecule has 1 atom stereocenters. The van der Waals surface area contributed by atoms with Crippen LogP contribution in [0, 0.1) is 0 Å². The number of carbonyl (C=O) groups excluding carboxylic acids is 1. The Morgan fingerprint density at radius 1 is 1.41 bits per heavy atom. The molecule has 3 N–H and O–H groups in total. The molecule has 1 fully saturated rings. The molecule has 1 aliphatic carbocycles. The van der Waals surface area contributed by atoms with Gasteiger partial charge in [-0.1, -0.05) is 43.0 Å². The highest BCUT2D eigenvalue weighted by Crippen LogP contribution is 2.26. The first-order valence-electron chi connectivity index (χ1n) is 7.40. The number of ether oxygens (including phenoxy) is 1. The van der Waals surface area contributed by atoms with E-state index < -0.39 is 5.54 Å².